The van der Waals surface area contributed by atoms with Gasteiger partial charge in [-0.05, 0) is 24.5 Å². The highest BCUT2D eigenvalue weighted by Crippen LogP contribution is 2.31. The van der Waals surface area contributed by atoms with Crippen molar-refractivity contribution in [3.63, 3.8) is 0 Å². The highest BCUT2D eigenvalue weighted by atomic mass is 16.5. The number of esters is 1. The van der Waals surface area contributed by atoms with E-state index in [1.807, 2.05) is 29.1 Å². The molecule has 1 aromatic rings. The van der Waals surface area contributed by atoms with Crippen LogP contribution in [0.15, 0.2) is 24.5 Å². The third-order valence-corrected chi connectivity index (χ3v) is 3.74. The first-order valence-electron chi connectivity index (χ1n) is 6.51. The van der Waals surface area contributed by atoms with E-state index in [-0.39, 0.29) is 12.0 Å². The van der Waals surface area contributed by atoms with E-state index in [0.29, 0.717) is 5.92 Å². The molecule has 3 heteroatoms. The Bertz CT molecular complexity index is 339. The number of nitrogens with zero attached hydrogens (tertiary/aromatic N) is 1. The van der Waals surface area contributed by atoms with Crippen molar-refractivity contribution >= 4 is 5.97 Å². The maximum absolute atomic E-state index is 11.8. The topological polar surface area (TPSA) is 31.2 Å². The molecule has 1 aliphatic rings. The molecule has 0 aromatic carbocycles. The smallest absolute Gasteiger partial charge is 0.328 e. The summed E-state index contributed by atoms with van der Waals surface area (Å²) in [5.74, 6) is 0.557. The van der Waals surface area contributed by atoms with Crippen LogP contribution in [0.1, 0.15) is 44.6 Å². The van der Waals surface area contributed by atoms with Crippen molar-refractivity contribution in [3.05, 3.63) is 24.5 Å². The number of aromatic nitrogens is 1. The molecule has 0 amide bonds. The second-order valence-corrected chi connectivity index (χ2v) is 4.91. The van der Waals surface area contributed by atoms with Gasteiger partial charge < -0.3 is 9.30 Å². The lowest BCUT2D eigenvalue weighted by Gasteiger charge is -2.26. The molecule has 17 heavy (non-hydrogen) atoms. The number of rotatable bonds is 4. The first-order chi connectivity index (χ1) is 8.31. The summed E-state index contributed by atoms with van der Waals surface area (Å²) in [5, 5.41) is 0. The van der Waals surface area contributed by atoms with Gasteiger partial charge in [0.2, 0.25) is 0 Å². The molecule has 1 unspecified atom stereocenters. The molecule has 1 saturated carbocycles. The van der Waals surface area contributed by atoms with E-state index in [9.17, 15) is 4.79 Å². The summed E-state index contributed by atoms with van der Waals surface area (Å²) in [6, 6.07) is 3.77. The Morgan fingerprint density at radius 2 is 1.94 bits per heavy atom. The summed E-state index contributed by atoms with van der Waals surface area (Å²) in [5.41, 5.74) is 0. The molecule has 1 fully saturated rings. The van der Waals surface area contributed by atoms with Crippen LogP contribution < -0.4 is 0 Å². The van der Waals surface area contributed by atoms with Crippen LogP contribution >= 0.6 is 0 Å². The minimum absolute atomic E-state index is 0.119. The van der Waals surface area contributed by atoms with E-state index in [2.05, 4.69) is 0 Å². The quantitative estimate of drug-likeness (QED) is 0.751. The summed E-state index contributed by atoms with van der Waals surface area (Å²) < 4.78 is 6.89. The Balaban J connectivity index is 2.02. The van der Waals surface area contributed by atoms with Crippen LogP contribution in [0.4, 0.5) is 0 Å². The van der Waals surface area contributed by atoms with E-state index in [1.165, 1.54) is 39.2 Å². The van der Waals surface area contributed by atoms with Crippen LogP contribution in [0.25, 0.3) is 0 Å². The first kappa shape index (κ1) is 12.2. The van der Waals surface area contributed by atoms with Crippen molar-refractivity contribution in [1.29, 1.82) is 0 Å². The fraction of sp³-hybridized carbons (Fsp3) is 0.643. The number of methoxy groups -OCH3 is 1. The Morgan fingerprint density at radius 3 is 2.53 bits per heavy atom. The van der Waals surface area contributed by atoms with E-state index in [0.717, 1.165) is 6.42 Å². The molecular weight excluding hydrogens is 214 g/mol. The van der Waals surface area contributed by atoms with Gasteiger partial charge in [-0.1, -0.05) is 32.1 Å². The Labute approximate surface area is 103 Å². The van der Waals surface area contributed by atoms with E-state index in [1.54, 1.807) is 0 Å². The van der Waals surface area contributed by atoms with Crippen LogP contribution in [0, 0.1) is 5.92 Å². The molecule has 2 rings (SSSR count). The summed E-state index contributed by atoms with van der Waals surface area (Å²) in [7, 11) is 1.47. The minimum Gasteiger partial charge on any atom is -0.467 e. The first-order valence-corrected chi connectivity index (χ1v) is 6.51. The second-order valence-electron chi connectivity index (χ2n) is 4.91. The fourth-order valence-corrected chi connectivity index (χ4v) is 2.77. The second kappa shape index (κ2) is 5.89. The third-order valence-electron chi connectivity index (χ3n) is 3.74. The maximum Gasteiger partial charge on any atom is 0.328 e. The molecule has 1 heterocycles. The third kappa shape index (κ3) is 3.11. The molecule has 94 valence electrons. The fourth-order valence-electron chi connectivity index (χ4n) is 2.77. The van der Waals surface area contributed by atoms with Crippen molar-refractivity contribution in [2.24, 2.45) is 5.92 Å². The van der Waals surface area contributed by atoms with Crippen molar-refractivity contribution < 1.29 is 9.53 Å². The zero-order valence-electron chi connectivity index (χ0n) is 10.5. The predicted octanol–water partition coefficient (Wildman–Crippen LogP) is 3.17. The molecule has 1 aromatic heterocycles. The number of carbonyl (C=O) groups excluding carboxylic acids is 1. The van der Waals surface area contributed by atoms with Crippen molar-refractivity contribution in [1.82, 2.24) is 4.57 Å². The molecule has 3 nitrogen and oxygen atoms in total. The summed E-state index contributed by atoms with van der Waals surface area (Å²) >= 11 is 0. The number of hydrogen-bond acceptors (Lipinski definition) is 2. The van der Waals surface area contributed by atoms with Crippen LogP contribution in [0.5, 0.6) is 0 Å². The van der Waals surface area contributed by atoms with Crippen molar-refractivity contribution in [3.8, 4) is 0 Å². The highest BCUT2D eigenvalue weighted by molar-refractivity contribution is 5.74. The van der Waals surface area contributed by atoms with Gasteiger partial charge in [0, 0.05) is 12.4 Å². The average Bonchev–Trinajstić information content (AvgIpc) is 2.90. The average molecular weight is 235 g/mol. The lowest BCUT2D eigenvalue weighted by molar-refractivity contribution is -0.145. The van der Waals surface area contributed by atoms with Crippen molar-refractivity contribution in [2.45, 2.75) is 44.6 Å². The molecule has 0 bridgehead atoms. The monoisotopic (exact) mass is 235 g/mol. The van der Waals surface area contributed by atoms with E-state index >= 15 is 0 Å². The van der Waals surface area contributed by atoms with Gasteiger partial charge >= 0.3 is 5.97 Å². The zero-order valence-corrected chi connectivity index (χ0v) is 10.5. The van der Waals surface area contributed by atoms with Gasteiger partial charge in [0.05, 0.1) is 7.11 Å². The standard InChI is InChI=1S/C14H21NO2/c1-17-14(16)13(15-9-5-6-10-15)11-12-7-3-2-4-8-12/h5-6,9-10,12-13H,2-4,7-8,11H2,1H3. The summed E-state index contributed by atoms with van der Waals surface area (Å²) in [6.07, 6.45) is 11.3. The Hall–Kier alpha value is -1.25. The van der Waals surface area contributed by atoms with E-state index < -0.39 is 0 Å². The van der Waals surface area contributed by atoms with E-state index in [4.69, 9.17) is 4.74 Å². The van der Waals surface area contributed by atoms with Gasteiger partial charge in [0.1, 0.15) is 6.04 Å². The normalized spacial score (nSPS) is 18.9. The Kier molecular flexibility index (Phi) is 4.24. The highest BCUT2D eigenvalue weighted by Gasteiger charge is 2.25. The largest absolute Gasteiger partial charge is 0.467 e. The SMILES string of the molecule is COC(=O)C(CC1CCCCC1)n1cccc1. The number of hydrogen-bond donors (Lipinski definition) is 0. The molecule has 0 aliphatic heterocycles. The van der Waals surface area contributed by atoms with Crippen LogP contribution in [0.2, 0.25) is 0 Å². The number of ether oxygens (including phenoxy) is 1. The minimum atomic E-state index is -0.141. The van der Waals surface area contributed by atoms with Gasteiger partial charge in [0.15, 0.2) is 0 Å². The van der Waals surface area contributed by atoms with Gasteiger partial charge in [-0.15, -0.1) is 0 Å². The van der Waals surface area contributed by atoms with Gasteiger partial charge in [-0.25, -0.2) is 4.79 Å². The summed E-state index contributed by atoms with van der Waals surface area (Å²) in [6.45, 7) is 0. The molecule has 0 saturated heterocycles. The lowest BCUT2D eigenvalue weighted by atomic mass is 9.85. The van der Waals surface area contributed by atoms with Crippen LogP contribution in [0.3, 0.4) is 0 Å². The molecule has 0 spiro atoms. The zero-order chi connectivity index (χ0) is 12.1. The number of carbonyl (C=O) groups is 1. The van der Waals surface area contributed by atoms with Gasteiger partial charge in [-0.3, -0.25) is 0 Å². The van der Waals surface area contributed by atoms with Gasteiger partial charge in [-0.2, -0.15) is 0 Å². The Morgan fingerprint density at radius 1 is 1.29 bits per heavy atom. The summed E-state index contributed by atoms with van der Waals surface area (Å²) in [4.78, 5) is 11.8. The lowest BCUT2D eigenvalue weighted by Crippen LogP contribution is -2.23. The van der Waals surface area contributed by atoms with Gasteiger partial charge in [0.25, 0.3) is 0 Å². The molecule has 1 aliphatic carbocycles. The molecule has 0 N–H and O–H groups in total. The van der Waals surface area contributed by atoms with Crippen LogP contribution in [-0.4, -0.2) is 17.6 Å². The molecular formula is C14H21NO2. The maximum atomic E-state index is 11.8. The van der Waals surface area contributed by atoms with Crippen LogP contribution in [-0.2, 0) is 9.53 Å². The molecule has 1 atom stereocenters. The molecule has 0 radical (unpaired) electrons. The van der Waals surface area contributed by atoms with Crippen molar-refractivity contribution in [2.75, 3.05) is 7.11 Å². The predicted molar refractivity (Wildman–Crippen MR) is 66.7 cm³/mol.